The van der Waals surface area contributed by atoms with Crippen molar-refractivity contribution < 1.29 is 14.3 Å². The van der Waals surface area contributed by atoms with Gasteiger partial charge in [-0.2, -0.15) is 0 Å². The third-order valence-electron chi connectivity index (χ3n) is 4.39. The number of fused-ring (bicyclic) bond motifs is 1. The molecule has 1 N–H and O–H groups in total. The molecular formula is C22H21N3O3S. The van der Waals surface area contributed by atoms with Gasteiger partial charge in [-0.3, -0.25) is 14.3 Å². The second-order valence-electron chi connectivity index (χ2n) is 7.72. The van der Waals surface area contributed by atoms with Crippen LogP contribution in [-0.2, 0) is 4.74 Å². The number of hydrogen-bond donors (Lipinski definition) is 1. The van der Waals surface area contributed by atoms with E-state index >= 15 is 0 Å². The lowest BCUT2D eigenvalue weighted by Crippen LogP contribution is -2.26. The third-order valence-corrected chi connectivity index (χ3v) is 5.42. The number of thioether (sulfide) groups is 1. The molecule has 3 heterocycles. The number of benzene rings is 1. The first-order chi connectivity index (χ1) is 13.8. The van der Waals surface area contributed by atoms with Crippen LogP contribution in [0.3, 0.4) is 0 Å². The van der Waals surface area contributed by atoms with E-state index in [1.807, 2.05) is 56.5 Å². The molecule has 3 aromatic rings. The first kappa shape index (κ1) is 19.3. The predicted molar refractivity (Wildman–Crippen MR) is 114 cm³/mol. The lowest BCUT2D eigenvalue weighted by atomic mass is 10.1. The van der Waals surface area contributed by atoms with E-state index in [4.69, 9.17) is 4.74 Å². The highest BCUT2D eigenvalue weighted by atomic mass is 32.2. The fraction of sp³-hybridized carbons (Fsp3) is 0.227. The van der Waals surface area contributed by atoms with Gasteiger partial charge in [0.05, 0.1) is 16.8 Å². The van der Waals surface area contributed by atoms with E-state index in [2.05, 4.69) is 10.3 Å². The van der Waals surface area contributed by atoms with Gasteiger partial charge in [-0.25, -0.2) is 4.79 Å². The minimum atomic E-state index is -0.629. The van der Waals surface area contributed by atoms with Crippen molar-refractivity contribution >= 4 is 34.5 Å². The SMILES string of the molecule is CC(C)(C)OC(=O)n1cc(C(=O)C2=CSC(c3cccnc3)N2)c2ccccc21. The number of para-hydroxylation sites is 1. The van der Waals surface area contributed by atoms with Crippen molar-refractivity contribution in [2.45, 2.75) is 31.7 Å². The number of Topliss-reactive ketones (excluding diaryl/α,β-unsaturated/α-hetero) is 1. The largest absolute Gasteiger partial charge is 0.443 e. The van der Waals surface area contributed by atoms with E-state index in [-0.39, 0.29) is 11.2 Å². The Kier molecular flexibility index (Phi) is 4.92. The molecule has 1 unspecified atom stereocenters. The van der Waals surface area contributed by atoms with Crippen LogP contribution in [0.15, 0.2) is 66.1 Å². The average Bonchev–Trinajstić information content (AvgIpc) is 3.32. The maximum Gasteiger partial charge on any atom is 0.419 e. The van der Waals surface area contributed by atoms with Crippen molar-refractivity contribution in [1.82, 2.24) is 14.9 Å². The van der Waals surface area contributed by atoms with Crippen molar-refractivity contribution in [3.8, 4) is 0 Å². The predicted octanol–water partition coefficient (Wildman–Crippen LogP) is 4.88. The number of nitrogens with zero attached hydrogens (tertiary/aromatic N) is 2. The normalized spacial score (nSPS) is 16.4. The van der Waals surface area contributed by atoms with Crippen LogP contribution in [0.2, 0.25) is 0 Å². The standard InChI is InChI=1S/C22H21N3O3S/c1-22(2,3)28-21(27)25-12-16(15-8-4-5-9-18(15)25)19(26)17-13-29-20(24-17)14-7-6-10-23-11-14/h4-13,20,24H,1-3H3. The van der Waals surface area contributed by atoms with Gasteiger partial charge in [0.1, 0.15) is 11.0 Å². The molecule has 0 radical (unpaired) electrons. The zero-order valence-corrected chi connectivity index (χ0v) is 17.2. The van der Waals surface area contributed by atoms with Crippen LogP contribution >= 0.6 is 11.8 Å². The molecule has 1 aliphatic rings. The Morgan fingerprint density at radius 3 is 2.69 bits per heavy atom. The molecule has 0 saturated heterocycles. The van der Waals surface area contributed by atoms with E-state index in [1.165, 1.54) is 16.3 Å². The number of carbonyl (C=O) groups is 2. The highest BCUT2D eigenvalue weighted by molar-refractivity contribution is 8.02. The number of aromatic nitrogens is 2. The van der Waals surface area contributed by atoms with E-state index in [9.17, 15) is 9.59 Å². The molecule has 0 bridgehead atoms. The first-order valence-electron chi connectivity index (χ1n) is 9.24. The smallest absolute Gasteiger partial charge is 0.419 e. The molecule has 7 heteroatoms. The third kappa shape index (κ3) is 3.91. The summed E-state index contributed by atoms with van der Waals surface area (Å²) in [4.78, 5) is 30.0. The number of ketones is 1. The maximum absolute atomic E-state index is 13.2. The summed E-state index contributed by atoms with van der Waals surface area (Å²) in [6.45, 7) is 5.43. The summed E-state index contributed by atoms with van der Waals surface area (Å²) in [5.74, 6) is -0.164. The van der Waals surface area contributed by atoms with Gasteiger partial charge in [0.2, 0.25) is 5.78 Å². The van der Waals surface area contributed by atoms with Gasteiger partial charge in [0, 0.05) is 34.9 Å². The van der Waals surface area contributed by atoms with Crippen LogP contribution in [0, 0.1) is 0 Å². The lowest BCUT2D eigenvalue weighted by molar-refractivity contribution is 0.0544. The van der Waals surface area contributed by atoms with E-state index in [1.54, 1.807) is 24.7 Å². The summed E-state index contributed by atoms with van der Waals surface area (Å²) in [5, 5.41) is 5.72. The van der Waals surface area contributed by atoms with Crippen LogP contribution in [0.25, 0.3) is 10.9 Å². The summed E-state index contributed by atoms with van der Waals surface area (Å²) in [6.07, 6.45) is 4.55. The first-order valence-corrected chi connectivity index (χ1v) is 10.2. The molecule has 0 fully saturated rings. The molecular weight excluding hydrogens is 386 g/mol. The molecule has 1 atom stereocenters. The average molecular weight is 407 g/mol. The fourth-order valence-corrected chi connectivity index (χ4v) is 4.06. The van der Waals surface area contributed by atoms with Crippen molar-refractivity contribution in [3.63, 3.8) is 0 Å². The second-order valence-corrected chi connectivity index (χ2v) is 8.70. The Hall–Kier alpha value is -3.06. The Labute approximate surface area is 173 Å². The molecule has 6 nitrogen and oxygen atoms in total. The Balaban J connectivity index is 1.64. The number of ether oxygens (including phenoxy) is 1. The molecule has 4 rings (SSSR count). The molecule has 1 aromatic carbocycles. The maximum atomic E-state index is 13.2. The molecule has 0 saturated carbocycles. The molecule has 0 aliphatic carbocycles. The highest BCUT2D eigenvalue weighted by Crippen LogP contribution is 2.35. The van der Waals surface area contributed by atoms with Gasteiger partial charge >= 0.3 is 6.09 Å². The second kappa shape index (κ2) is 7.40. The van der Waals surface area contributed by atoms with E-state index in [0.717, 1.165) is 5.56 Å². The summed E-state index contributed by atoms with van der Waals surface area (Å²) in [5.41, 5.74) is 1.96. The number of rotatable bonds is 3. The molecule has 0 spiro atoms. The van der Waals surface area contributed by atoms with Gasteiger partial charge < -0.3 is 10.1 Å². The monoisotopic (exact) mass is 407 g/mol. The summed E-state index contributed by atoms with van der Waals surface area (Å²) >= 11 is 1.52. The van der Waals surface area contributed by atoms with E-state index in [0.29, 0.717) is 22.2 Å². The van der Waals surface area contributed by atoms with Gasteiger partial charge in [0.15, 0.2) is 0 Å². The topological polar surface area (TPSA) is 73.2 Å². The van der Waals surface area contributed by atoms with Crippen LogP contribution in [0.4, 0.5) is 4.79 Å². The Morgan fingerprint density at radius 1 is 1.17 bits per heavy atom. The molecule has 1 aliphatic heterocycles. The Morgan fingerprint density at radius 2 is 1.97 bits per heavy atom. The number of allylic oxidation sites excluding steroid dienone is 1. The van der Waals surface area contributed by atoms with Gasteiger partial charge in [-0.15, -0.1) is 11.8 Å². The van der Waals surface area contributed by atoms with Crippen molar-refractivity contribution in [1.29, 1.82) is 0 Å². The lowest BCUT2D eigenvalue weighted by Gasteiger charge is -2.19. The summed E-state index contributed by atoms with van der Waals surface area (Å²) in [6, 6.07) is 11.2. The van der Waals surface area contributed by atoms with Crippen molar-refractivity contribution in [2.75, 3.05) is 0 Å². The quantitative estimate of drug-likeness (QED) is 0.624. The van der Waals surface area contributed by atoms with Gasteiger partial charge in [-0.1, -0.05) is 24.3 Å². The van der Waals surface area contributed by atoms with Gasteiger partial charge in [0.25, 0.3) is 0 Å². The number of carbonyl (C=O) groups excluding carboxylic acids is 2. The van der Waals surface area contributed by atoms with E-state index < -0.39 is 11.7 Å². The van der Waals surface area contributed by atoms with Crippen LogP contribution in [-0.4, -0.2) is 27.0 Å². The number of pyridine rings is 1. The minimum Gasteiger partial charge on any atom is -0.443 e. The number of nitrogens with one attached hydrogen (secondary N) is 1. The fourth-order valence-electron chi connectivity index (χ4n) is 3.13. The molecule has 29 heavy (non-hydrogen) atoms. The zero-order chi connectivity index (χ0) is 20.6. The highest BCUT2D eigenvalue weighted by Gasteiger charge is 2.28. The molecule has 2 aromatic heterocycles. The Bertz CT molecular complexity index is 1110. The molecule has 148 valence electrons. The van der Waals surface area contributed by atoms with Crippen LogP contribution < -0.4 is 5.32 Å². The summed E-state index contributed by atoms with van der Waals surface area (Å²) in [7, 11) is 0. The van der Waals surface area contributed by atoms with Crippen molar-refractivity contribution in [3.05, 3.63) is 77.2 Å². The molecule has 0 amide bonds. The summed E-state index contributed by atoms with van der Waals surface area (Å²) < 4.78 is 6.89. The van der Waals surface area contributed by atoms with Crippen LogP contribution in [0.5, 0.6) is 0 Å². The zero-order valence-electron chi connectivity index (χ0n) is 16.4. The van der Waals surface area contributed by atoms with Gasteiger partial charge in [-0.05, 0) is 32.9 Å². The van der Waals surface area contributed by atoms with Crippen molar-refractivity contribution in [2.24, 2.45) is 0 Å². The minimum absolute atomic E-state index is 0.0677. The van der Waals surface area contributed by atoms with Crippen LogP contribution in [0.1, 0.15) is 42.1 Å². The number of hydrogen-bond acceptors (Lipinski definition) is 6.